The highest BCUT2D eigenvalue weighted by atomic mass is 16.5. The number of likely N-dealkylation sites (tertiary alicyclic amines) is 1. The van der Waals surface area contributed by atoms with E-state index in [1.807, 2.05) is 24.8 Å². The Hall–Kier alpha value is -1.99. The van der Waals surface area contributed by atoms with Gasteiger partial charge in [-0.25, -0.2) is 0 Å². The first-order valence-corrected chi connectivity index (χ1v) is 11.2. The Morgan fingerprint density at radius 1 is 1.27 bits per heavy atom. The van der Waals surface area contributed by atoms with Crippen LogP contribution >= 0.6 is 0 Å². The Bertz CT molecular complexity index is 779. The molecule has 3 fully saturated rings. The number of aromatic nitrogens is 1. The molecule has 0 aromatic carbocycles. The molecule has 7 heteroatoms. The second-order valence-corrected chi connectivity index (χ2v) is 8.86. The molecule has 3 aliphatic rings. The van der Waals surface area contributed by atoms with Gasteiger partial charge in [0.25, 0.3) is 5.91 Å². The Morgan fingerprint density at radius 2 is 2.07 bits per heavy atom. The molecule has 1 saturated carbocycles. The van der Waals surface area contributed by atoms with Crippen LogP contribution in [0.1, 0.15) is 48.5 Å². The third-order valence-electron chi connectivity index (χ3n) is 7.28. The number of esters is 1. The molecule has 164 valence electrons. The maximum absolute atomic E-state index is 13.2. The summed E-state index contributed by atoms with van der Waals surface area (Å²) in [7, 11) is 0. The summed E-state index contributed by atoms with van der Waals surface area (Å²) in [6.07, 6.45) is 6.90. The van der Waals surface area contributed by atoms with Crippen LogP contribution < -0.4 is 0 Å². The molecule has 7 nitrogen and oxygen atoms in total. The fourth-order valence-corrected chi connectivity index (χ4v) is 5.55. The highest BCUT2D eigenvalue weighted by Crippen LogP contribution is 2.48. The maximum Gasteiger partial charge on any atom is 0.314 e. The van der Waals surface area contributed by atoms with E-state index in [2.05, 4.69) is 9.88 Å². The first kappa shape index (κ1) is 21.2. The summed E-state index contributed by atoms with van der Waals surface area (Å²) in [6, 6.07) is 2.35. The lowest BCUT2D eigenvalue weighted by atomic mass is 9.61. The minimum absolute atomic E-state index is 0.0296. The zero-order valence-electron chi connectivity index (χ0n) is 18.1. The van der Waals surface area contributed by atoms with Crippen molar-refractivity contribution in [3.05, 3.63) is 29.6 Å². The molecule has 0 N–H and O–H groups in total. The Morgan fingerprint density at radius 3 is 2.80 bits per heavy atom. The third kappa shape index (κ3) is 3.97. The number of hydrogen-bond acceptors (Lipinski definition) is 6. The van der Waals surface area contributed by atoms with Crippen molar-refractivity contribution in [3.8, 4) is 0 Å². The Balaban J connectivity index is 1.54. The van der Waals surface area contributed by atoms with Crippen molar-refractivity contribution in [2.45, 2.75) is 45.6 Å². The lowest BCUT2D eigenvalue weighted by Crippen LogP contribution is -2.59. The second kappa shape index (κ2) is 9.02. The van der Waals surface area contributed by atoms with Crippen LogP contribution in [0.5, 0.6) is 0 Å². The van der Waals surface area contributed by atoms with E-state index in [-0.39, 0.29) is 17.8 Å². The number of amides is 1. The Kier molecular flexibility index (Phi) is 6.39. The van der Waals surface area contributed by atoms with Crippen molar-refractivity contribution in [1.29, 1.82) is 0 Å². The summed E-state index contributed by atoms with van der Waals surface area (Å²) < 4.78 is 11.1. The van der Waals surface area contributed by atoms with Gasteiger partial charge in [-0.15, -0.1) is 0 Å². The second-order valence-electron chi connectivity index (χ2n) is 8.86. The number of piperidine rings is 1. The SMILES string of the molecule is CCOC(=O)[C@@]12CC[C@@H](N3CCOCC3)C[C@H]1CCN(C(=O)c1cnccc1C)C2. The van der Waals surface area contributed by atoms with Crippen molar-refractivity contribution < 1.29 is 19.1 Å². The summed E-state index contributed by atoms with van der Waals surface area (Å²) in [5, 5.41) is 0. The number of carbonyl (C=O) groups excluding carboxylic acids is 2. The topological polar surface area (TPSA) is 72.0 Å². The number of morpholine rings is 1. The lowest BCUT2D eigenvalue weighted by Gasteiger charge is -2.52. The zero-order valence-corrected chi connectivity index (χ0v) is 18.1. The number of rotatable bonds is 4. The van der Waals surface area contributed by atoms with Crippen LogP contribution in [0.2, 0.25) is 0 Å². The molecule has 30 heavy (non-hydrogen) atoms. The van der Waals surface area contributed by atoms with Crippen LogP contribution in [-0.4, -0.2) is 78.7 Å². The van der Waals surface area contributed by atoms with Crippen molar-refractivity contribution in [2.24, 2.45) is 11.3 Å². The summed E-state index contributed by atoms with van der Waals surface area (Å²) in [6.45, 7) is 8.78. The van der Waals surface area contributed by atoms with Gasteiger partial charge in [-0.3, -0.25) is 19.5 Å². The smallest absolute Gasteiger partial charge is 0.314 e. The van der Waals surface area contributed by atoms with Crippen LogP contribution in [0.4, 0.5) is 0 Å². The molecule has 0 unspecified atom stereocenters. The quantitative estimate of drug-likeness (QED) is 0.703. The molecule has 1 aromatic heterocycles. The van der Waals surface area contributed by atoms with Crippen LogP contribution in [0.15, 0.2) is 18.5 Å². The van der Waals surface area contributed by atoms with Gasteiger partial charge < -0.3 is 14.4 Å². The van der Waals surface area contributed by atoms with Gasteiger partial charge in [0.15, 0.2) is 0 Å². The Labute approximate surface area is 178 Å². The lowest BCUT2D eigenvalue weighted by molar-refractivity contribution is -0.168. The molecule has 3 heterocycles. The summed E-state index contributed by atoms with van der Waals surface area (Å²) in [5.41, 5.74) is 0.943. The first-order valence-electron chi connectivity index (χ1n) is 11.2. The molecular formula is C23H33N3O4. The van der Waals surface area contributed by atoms with E-state index in [4.69, 9.17) is 9.47 Å². The van der Waals surface area contributed by atoms with Gasteiger partial charge in [-0.2, -0.15) is 0 Å². The van der Waals surface area contributed by atoms with E-state index in [1.165, 1.54) is 0 Å². The van der Waals surface area contributed by atoms with Crippen molar-refractivity contribution >= 4 is 11.9 Å². The number of hydrogen-bond donors (Lipinski definition) is 0. The van der Waals surface area contributed by atoms with E-state index in [0.717, 1.165) is 57.6 Å². The van der Waals surface area contributed by atoms with Crippen LogP contribution in [0.25, 0.3) is 0 Å². The van der Waals surface area contributed by atoms with Gasteiger partial charge in [0, 0.05) is 44.6 Å². The molecule has 0 spiro atoms. The van der Waals surface area contributed by atoms with Gasteiger partial charge in [-0.1, -0.05) is 0 Å². The molecule has 0 bridgehead atoms. The average molecular weight is 416 g/mol. The minimum Gasteiger partial charge on any atom is -0.466 e. The normalized spacial score (nSPS) is 29.9. The fourth-order valence-electron chi connectivity index (χ4n) is 5.55. The number of carbonyl (C=O) groups is 2. The van der Waals surface area contributed by atoms with Crippen molar-refractivity contribution in [2.75, 3.05) is 46.0 Å². The summed E-state index contributed by atoms with van der Waals surface area (Å²) in [5.74, 6) is 0.0889. The molecule has 1 aromatic rings. The molecule has 1 amide bonds. The van der Waals surface area contributed by atoms with Gasteiger partial charge in [0.05, 0.1) is 30.8 Å². The molecule has 1 aliphatic carbocycles. The standard InChI is InChI=1S/C23H33N3O4/c1-3-30-22(28)23-7-4-19(25-10-12-29-13-11-25)14-18(23)6-9-26(16-23)21(27)20-15-24-8-5-17(20)2/h5,8,15,18-19H,3-4,6-7,9-14,16H2,1-2H3/t18-,19-,23-/m1/s1. The third-order valence-corrected chi connectivity index (χ3v) is 7.28. The zero-order chi connectivity index (χ0) is 21.1. The molecule has 4 rings (SSSR count). The van der Waals surface area contributed by atoms with E-state index in [1.54, 1.807) is 12.4 Å². The largest absolute Gasteiger partial charge is 0.466 e. The number of ether oxygens (including phenoxy) is 2. The highest BCUT2D eigenvalue weighted by molar-refractivity contribution is 5.96. The minimum atomic E-state index is -0.594. The van der Waals surface area contributed by atoms with E-state index < -0.39 is 5.41 Å². The predicted octanol–water partition coefficient (Wildman–Crippen LogP) is 2.29. The number of fused-ring (bicyclic) bond motifs is 1. The van der Waals surface area contributed by atoms with Crippen molar-refractivity contribution in [1.82, 2.24) is 14.8 Å². The highest BCUT2D eigenvalue weighted by Gasteiger charge is 2.54. The number of aryl methyl sites for hydroxylation is 1. The molecule has 0 radical (unpaired) electrons. The summed E-state index contributed by atoms with van der Waals surface area (Å²) >= 11 is 0. The monoisotopic (exact) mass is 415 g/mol. The van der Waals surface area contributed by atoms with Gasteiger partial charge in [0.1, 0.15) is 0 Å². The van der Waals surface area contributed by atoms with Gasteiger partial charge in [-0.05, 0) is 57.1 Å². The molecular weight excluding hydrogens is 382 g/mol. The van der Waals surface area contributed by atoms with Crippen LogP contribution in [0.3, 0.4) is 0 Å². The predicted molar refractivity (Wildman–Crippen MR) is 112 cm³/mol. The van der Waals surface area contributed by atoms with E-state index >= 15 is 0 Å². The maximum atomic E-state index is 13.2. The summed E-state index contributed by atoms with van der Waals surface area (Å²) in [4.78, 5) is 35.0. The molecule has 3 atom stereocenters. The van der Waals surface area contributed by atoms with E-state index in [9.17, 15) is 9.59 Å². The van der Waals surface area contributed by atoms with Crippen LogP contribution in [-0.2, 0) is 14.3 Å². The van der Waals surface area contributed by atoms with E-state index in [0.29, 0.717) is 31.3 Å². The van der Waals surface area contributed by atoms with Crippen LogP contribution in [0, 0.1) is 18.3 Å². The molecule has 2 saturated heterocycles. The van der Waals surface area contributed by atoms with Crippen molar-refractivity contribution in [3.63, 3.8) is 0 Å². The van der Waals surface area contributed by atoms with Gasteiger partial charge >= 0.3 is 5.97 Å². The molecule has 2 aliphatic heterocycles. The first-order chi connectivity index (χ1) is 14.5. The fraction of sp³-hybridized carbons (Fsp3) is 0.696. The van der Waals surface area contributed by atoms with Gasteiger partial charge in [0.2, 0.25) is 0 Å². The average Bonchev–Trinajstić information content (AvgIpc) is 2.79. The number of pyridine rings is 1. The number of nitrogens with zero attached hydrogens (tertiary/aromatic N) is 3.